The fraction of sp³-hybridized carbons (Fsp3) is 0.300. The summed E-state index contributed by atoms with van der Waals surface area (Å²) in [5, 5.41) is 9.71. The van der Waals surface area contributed by atoms with Gasteiger partial charge in [0.2, 0.25) is 0 Å². The van der Waals surface area contributed by atoms with Crippen molar-refractivity contribution in [3.8, 4) is 11.5 Å². The number of rotatable bonds is 5. The van der Waals surface area contributed by atoms with Crippen LogP contribution in [-0.2, 0) is 0 Å². The highest BCUT2D eigenvalue weighted by Crippen LogP contribution is 2.39. The molecule has 0 atom stereocenters. The van der Waals surface area contributed by atoms with Gasteiger partial charge in [0, 0.05) is 11.1 Å². The lowest BCUT2D eigenvalue weighted by Gasteiger charge is -2.24. The van der Waals surface area contributed by atoms with Crippen LogP contribution in [0.3, 0.4) is 0 Å². The standard InChI is InChI=1S/C20H19FO3/c21-16-5-3-14(4-6-16)20-15(10-22)12-24-19-8-7-17(9-18(19)20)23-11-13-1-2-13/h3-9,13,22H,1-2,10-12H2. The Bertz CT molecular complexity index is 776. The zero-order valence-electron chi connectivity index (χ0n) is 13.3. The highest BCUT2D eigenvalue weighted by atomic mass is 19.1. The fourth-order valence-corrected chi connectivity index (χ4v) is 2.95. The summed E-state index contributed by atoms with van der Waals surface area (Å²) in [6.45, 7) is 0.972. The van der Waals surface area contributed by atoms with Gasteiger partial charge in [-0.15, -0.1) is 0 Å². The first kappa shape index (κ1) is 15.2. The fourth-order valence-electron chi connectivity index (χ4n) is 2.95. The zero-order valence-corrected chi connectivity index (χ0v) is 13.3. The van der Waals surface area contributed by atoms with Crippen molar-refractivity contribution in [1.29, 1.82) is 0 Å². The minimum Gasteiger partial charge on any atom is -0.493 e. The van der Waals surface area contributed by atoms with E-state index in [4.69, 9.17) is 9.47 Å². The van der Waals surface area contributed by atoms with E-state index in [1.54, 1.807) is 12.1 Å². The summed E-state index contributed by atoms with van der Waals surface area (Å²) in [6.07, 6.45) is 2.48. The zero-order chi connectivity index (χ0) is 16.5. The van der Waals surface area contributed by atoms with Gasteiger partial charge in [0.05, 0.1) is 13.2 Å². The summed E-state index contributed by atoms with van der Waals surface area (Å²) in [5.41, 5.74) is 3.43. The van der Waals surface area contributed by atoms with Crippen LogP contribution in [0.2, 0.25) is 0 Å². The van der Waals surface area contributed by atoms with E-state index in [0.29, 0.717) is 12.5 Å². The molecule has 24 heavy (non-hydrogen) atoms. The molecule has 1 fully saturated rings. The molecule has 2 aliphatic rings. The van der Waals surface area contributed by atoms with Crippen molar-refractivity contribution in [2.24, 2.45) is 5.92 Å². The van der Waals surface area contributed by atoms with Gasteiger partial charge in [-0.2, -0.15) is 0 Å². The molecular weight excluding hydrogens is 307 g/mol. The number of ether oxygens (including phenoxy) is 2. The van der Waals surface area contributed by atoms with E-state index in [0.717, 1.165) is 40.4 Å². The van der Waals surface area contributed by atoms with E-state index < -0.39 is 0 Å². The molecule has 4 rings (SSSR count). The molecule has 0 radical (unpaired) electrons. The Morgan fingerprint density at radius 1 is 1.12 bits per heavy atom. The van der Waals surface area contributed by atoms with Crippen LogP contribution in [0.1, 0.15) is 24.0 Å². The summed E-state index contributed by atoms with van der Waals surface area (Å²) < 4.78 is 24.9. The second-order valence-corrected chi connectivity index (χ2v) is 6.34. The maximum atomic E-state index is 13.3. The molecule has 1 aliphatic carbocycles. The third kappa shape index (κ3) is 3.02. The van der Waals surface area contributed by atoms with Gasteiger partial charge in [-0.25, -0.2) is 4.39 Å². The van der Waals surface area contributed by atoms with Crippen LogP contribution < -0.4 is 9.47 Å². The molecule has 2 aromatic carbocycles. The van der Waals surface area contributed by atoms with Crippen molar-refractivity contribution in [3.05, 3.63) is 65.0 Å². The predicted octanol–water partition coefficient (Wildman–Crippen LogP) is 3.80. The van der Waals surface area contributed by atoms with Crippen molar-refractivity contribution in [1.82, 2.24) is 0 Å². The Hall–Kier alpha value is -2.33. The summed E-state index contributed by atoms with van der Waals surface area (Å²) in [7, 11) is 0. The number of aliphatic hydroxyl groups excluding tert-OH is 1. The van der Waals surface area contributed by atoms with Crippen LogP contribution in [0.4, 0.5) is 4.39 Å². The highest BCUT2D eigenvalue weighted by Gasteiger charge is 2.24. The molecule has 1 heterocycles. The normalized spacial score (nSPS) is 16.6. The van der Waals surface area contributed by atoms with Gasteiger partial charge in [-0.3, -0.25) is 0 Å². The van der Waals surface area contributed by atoms with Gasteiger partial charge >= 0.3 is 0 Å². The lowest BCUT2D eigenvalue weighted by Crippen LogP contribution is -2.15. The number of aliphatic hydroxyl groups is 1. The molecular formula is C20H19FO3. The second-order valence-electron chi connectivity index (χ2n) is 6.34. The summed E-state index contributed by atoms with van der Waals surface area (Å²) in [4.78, 5) is 0. The van der Waals surface area contributed by atoms with Crippen LogP contribution in [0, 0.1) is 11.7 Å². The minimum absolute atomic E-state index is 0.0979. The van der Waals surface area contributed by atoms with E-state index in [-0.39, 0.29) is 12.4 Å². The Morgan fingerprint density at radius 2 is 1.92 bits per heavy atom. The van der Waals surface area contributed by atoms with Crippen LogP contribution in [0.5, 0.6) is 11.5 Å². The van der Waals surface area contributed by atoms with Gasteiger partial charge in [-0.1, -0.05) is 12.1 Å². The lowest BCUT2D eigenvalue weighted by molar-refractivity contribution is 0.281. The highest BCUT2D eigenvalue weighted by molar-refractivity contribution is 5.86. The molecule has 1 aliphatic heterocycles. The van der Waals surface area contributed by atoms with Gasteiger partial charge < -0.3 is 14.6 Å². The number of hydrogen-bond acceptors (Lipinski definition) is 3. The second kappa shape index (κ2) is 6.29. The smallest absolute Gasteiger partial charge is 0.127 e. The van der Waals surface area contributed by atoms with Crippen LogP contribution in [-0.4, -0.2) is 24.9 Å². The van der Waals surface area contributed by atoms with Crippen LogP contribution in [0.25, 0.3) is 5.57 Å². The van der Waals surface area contributed by atoms with Crippen molar-refractivity contribution in [2.45, 2.75) is 12.8 Å². The molecule has 124 valence electrons. The molecule has 4 heteroatoms. The van der Waals surface area contributed by atoms with Crippen molar-refractivity contribution < 1.29 is 19.0 Å². The van der Waals surface area contributed by atoms with E-state index >= 15 is 0 Å². The van der Waals surface area contributed by atoms with Crippen LogP contribution >= 0.6 is 0 Å². The Morgan fingerprint density at radius 3 is 2.62 bits per heavy atom. The van der Waals surface area contributed by atoms with Gasteiger partial charge in [0.1, 0.15) is 23.9 Å². The van der Waals surface area contributed by atoms with Crippen molar-refractivity contribution >= 4 is 5.57 Å². The number of fused-ring (bicyclic) bond motifs is 1. The van der Waals surface area contributed by atoms with Gasteiger partial charge in [-0.05, 0) is 60.2 Å². The molecule has 0 amide bonds. The number of benzene rings is 2. The maximum absolute atomic E-state index is 13.3. The van der Waals surface area contributed by atoms with Crippen molar-refractivity contribution in [2.75, 3.05) is 19.8 Å². The number of halogens is 1. The largest absolute Gasteiger partial charge is 0.493 e. The average molecular weight is 326 g/mol. The Labute approximate surface area is 140 Å². The molecule has 0 aromatic heterocycles. The van der Waals surface area contributed by atoms with E-state index in [9.17, 15) is 9.50 Å². The molecule has 1 N–H and O–H groups in total. The first-order valence-corrected chi connectivity index (χ1v) is 8.23. The molecule has 0 saturated heterocycles. The molecule has 0 unspecified atom stereocenters. The SMILES string of the molecule is OCC1=C(c2ccc(F)cc2)c2cc(OCC3CC3)ccc2OC1. The predicted molar refractivity (Wildman–Crippen MR) is 89.7 cm³/mol. The van der Waals surface area contributed by atoms with Gasteiger partial charge in [0.25, 0.3) is 0 Å². The Kier molecular flexibility index (Phi) is 3.98. The summed E-state index contributed by atoms with van der Waals surface area (Å²) in [5.74, 6) is 1.95. The number of hydrogen-bond donors (Lipinski definition) is 1. The summed E-state index contributed by atoms with van der Waals surface area (Å²) >= 11 is 0. The Balaban J connectivity index is 1.74. The monoisotopic (exact) mass is 326 g/mol. The molecule has 3 nitrogen and oxygen atoms in total. The molecule has 2 aromatic rings. The van der Waals surface area contributed by atoms with Crippen LogP contribution in [0.15, 0.2) is 48.0 Å². The maximum Gasteiger partial charge on any atom is 0.127 e. The summed E-state index contributed by atoms with van der Waals surface area (Å²) in [6, 6.07) is 12.1. The van der Waals surface area contributed by atoms with Crippen molar-refractivity contribution in [3.63, 3.8) is 0 Å². The lowest BCUT2D eigenvalue weighted by atomic mass is 9.91. The van der Waals surface area contributed by atoms with Gasteiger partial charge in [0.15, 0.2) is 0 Å². The first-order chi connectivity index (χ1) is 11.7. The third-order valence-electron chi connectivity index (χ3n) is 4.48. The first-order valence-electron chi connectivity index (χ1n) is 8.23. The minimum atomic E-state index is -0.279. The molecule has 0 spiro atoms. The molecule has 1 saturated carbocycles. The topological polar surface area (TPSA) is 38.7 Å². The quantitative estimate of drug-likeness (QED) is 0.908. The average Bonchev–Trinajstić information content (AvgIpc) is 3.44. The molecule has 0 bridgehead atoms. The van der Waals surface area contributed by atoms with E-state index in [1.807, 2.05) is 18.2 Å². The van der Waals surface area contributed by atoms with E-state index in [2.05, 4.69) is 0 Å². The third-order valence-corrected chi connectivity index (χ3v) is 4.48. The van der Waals surface area contributed by atoms with E-state index in [1.165, 1.54) is 25.0 Å².